The van der Waals surface area contributed by atoms with Gasteiger partial charge >= 0.3 is 6.09 Å². The van der Waals surface area contributed by atoms with Gasteiger partial charge in [-0.1, -0.05) is 73.8 Å². The largest absolute Gasteiger partial charge is 0.497 e. The van der Waals surface area contributed by atoms with Crippen molar-refractivity contribution in [1.29, 1.82) is 0 Å². The van der Waals surface area contributed by atoms with Crippen LogP contribution in [0.1, 0.15) is 139 Å². The number of ether oxygens (including phenoxy) is 10. The van der Waals surface area contributed by atoms with Crippen LogP contribution in [0.2, 0.25) is 0 Å². The molecule has 0 aromatic heterocycles. The molecule has 35 heteroatoms. The van der Waals surface area contributed by atoms with E-state index >= 15 is 8.78 Å². The Morgan fingerprint density at radius 1 is 0.533 bits per heavy atom. The van der Waals surface area contributed by atoms with Crippen molar-refractivity contribution in [2.45, 2.75) is 132 Å². The third-order valence-electron chi connectivity index (χ3n) is 23.4. The molecular formula is C100H103F2N11O20S2. The molecule has 4 N–H and O–H groups in total. The van der Waals surface area contributed by atoms with Crippen molar-refractivity contribution in [1.82, 2.24) is 30.2 Å². The van der Waals surface area contributed by atoms with Crippen LogP contribution in [0.5, 0.6) is 34.5 Å². The summed E-state index contributed by atoms with van der Waals surface area (Å²) in [5.41, 5.74) is 4.71. The molecule has 8 aromatic carbocycles. The predicted molar refractivity (Wildman–Crippen MR) is 504 cm³/mol. The third kappa shape index (κ3) is 22.9. The van der Waals surface area contributed by atoms with Gasteiger partial charge in [-0.25, -0.2) is 18.5 Å². The van der Waals surface area contributed by atoms with E-state index in [4.69, 9.17) is 57.4 Å². The molecule has 2 unspecified atom stereocenters. The van der Waals surface area contributed by atoms with Crippen LogP contribution in [0.25, 0.3) is 11.1 Å². The number of carbonyl (C=O) groups excluding carboxylic acids is 10. The minimum atomic E-state index is -1.31. The Kier molecular flexibility index (Phi) is 30.0. The molecule has 7 heterocycles. The predicted octanol–water partition coefficient (Wildman–Crippen LogP) is 15.2. The van der Waals surface area contributed by atoms with Crippen molar-refractivity contribution >= 4 is 135 Å². The Balaban J connectivity index is 0.473. The number of nitrogens with one attached hydrogen (secondary N) is 4. The molecule has 0 spiro atoms. The first kappa shape index (κ1) is 95.9. The highest BCUT2D eigenvalue weighted by molar-refractivity contribution is 8.08. The molecule has 10 amide bonds. The van der Waals surface area contributed by atoms with Gasteiger partial charge in [0.25, 0.3) is 35.4 Å². The van der Waals surface area contributed by atoms with E-state index in [1.54, 1.807) is 196 Å². The summed E-state index contributed by atoms with van der Waals surface area (Å²) < 4.78 is 90.3. The molecule has 704 valence electrons. The molecule has 0 aliphatic carbocycles. The summed E-state index contributed by atoms with van der Waals surface area (Å²) in [6.45, 7) is 15.1. The first-order chi connectivity index (χ1) is 64.9. The smallest absolute Gasteiger partial charge is 0.411 e. The summed E-state index contributed by atoms with van der Waals surface area (Å²) >= 11 is 1.90. The topological polar surface area (TPSA) is 352 Å². The highest BCUT2D eigenvalue weighted by atomic mass is 32.2. The number of amides is 10. The van der Waals surface area contributed by atoms with Crippen LogP contribution >= 0.6 is 23.5 Å². The number of anilines is 3. The second kappa shape index (κ2) is 42.2. The van der Waals surface area contributed by atoms with Crippen LogP contribution in [-0.2, 0) is 49.5 Å². The number of hydrogen-bond acceptors (Lipinski definition) is 24. The number of aliphatic imine (C=N–C) groups is 2. The maximum Gasteiger partial charge on any atom is 0.411 e. The molecule has 31 nitrogen and oxygen atoms in total. The SMILES string of the molecule is COc1ccc(C2=CN3C(=O)c4cc(OC)c(OCCCOc5cc6c(cc5OC)C(=O)N5C=C(c7ccc(NC(=O)OCc8ccc(NC(=O)[C@H](C)NC(=O)[C@@H](NC(=O)CC(C)(C)OCCC(C)(C)Oc9c(F)cc(N%10C(=O)C(Sc%11ccc(C(=O)N%12CCOCC%12)cc%11)=C(Sc%11ccc(C(=O)N%12CCOCC%12)cc%11)C%10=O)cc9F)C(C)C)cc8)cc7)CC5C=N6)cc4N=CC3C2)cc1. The fourth-order valence-electron chi connectivity index (χ4n) is 16.0. The molecule has 0 saturated carbocycles. The van der Waals surface area contributed by atoms with E-state index in [1.807, 2.05) is 42.6 Å². The van der Waals surface area contributed by atoms with Gasteiger partial charge in [-0.3, -0.25) is 58.5 Å². The average molecular weight is 1880 g/mol. The summed E-state index contributed by atoms with van der Waals surface area (Å²) in [6.07, 6.45) is 7.80. The lowest BCUT2D eigenvalue weighted by molar-refractivity contribution is -0.134. The Labute approximate surface area is 787 Å². The van der Waals surface area contributed by atoms with E-state index in [-0.39, 0.29) is 84.8 Å². The molecule has 135 heavy (non-hydrogen) atoms. The zero-order chi connectivity index (χ0) is 95.5. The van der Waals surface area contributed by atoms with E-state index in [1.165, 1.54) is 21.1 Å². The number of halogens is 2. The van der Waals surface area contributed by atoms with Gasteiger partial charge in [-0.15, -0.1) is 0 Å². The second-order valence-corrected chi connectivity index (χ2v) is 36.6. The normalized spacial score (nSPS) is 16.9. The number of methoxy groups -OCH3 is 3. The van der Waals surface area contributed by atoms with E-state index in [2.05, 4.69) is 21.3 Å². The quantitative estimate of drug-likeness (QED) is 0.0212. The van der Waals surface area contributed by atoms with Gasteiger partial charge in [-0.05, 0) is 165 Å². The summed E-state index contributed by atoms with van der Waals surface area (Å²) in [6, 6.07) is 40.0. The van der Waals surface area contributed by atoms with Crippen LogP contribution in [0.3, 0.4) is 0 Å². The number of benzene rings is 8. The maximum atomic E-state index is 16.4. The fourth-order valence-corrected chi connectivity index (χ4v) is 18.0. The Bertz CT molecular complexity index is 5920. The summed E-state index contributed by atoms with van der Waals surface area (Å²) in [5, 5.41) is 11.0. The van der Waals surface area contributed by atoms with Gasteiger partial charge in [0.05, 0.1) is 130 Å². The minimum absolute atomic E-state index is 0.0450. The molecule has 2 fully saturated rings. The van der Waals surface area contributed by atoms with E-state index in [0.717, 1.165) is 63.7 Å². The number of morpholine rings is 2. The lowest BCUT2D eigenvalue weighted by atomic mass is 10.00. The lowest BCUT2D eigenvalue weighted by Crippen LogP contribution is -2.54. The summed E-state index contributed by atoms with van der Waals surface area (Å²) in [4.78, 5) is 156. The molecular weight excluding hydrogens is 1780 g/mol. The van der Waals surface area contributed by atoms with Crippen LogP contribution in [0, 0.1) is 17.6 Å². The van der Waals surface area contributed by atoms with E-state index in [0.29, 0.717) is 160 Å². The maximum absolute atomic E-state index is 16.4. The Morgan fingerprint density at radius 3 is 1.48 bits per heavy atom. The van der Waals surface area contributed by atoms with Crippen LogP contribution in [0.15, 0.2) is 200 Å². The molecule has 0 bridgehead atoms. The Hall–Kier alpha value is -13.7. The van der Waals surface area contributed by atoms with Crippen molar-refractivity contribution in [2.75, 3.05) is 109 Å². The van der Waals surface area contributed by atoms with Crippen LogP contribution in [0.4, 0.5) is 42.0 Å². The standard InChI is InChI=1S/C100H103F2N11O20S2/c1-58(2)86(108-85(114)52-100(6,7)132-39-32-99(4,5)133-87-77(101)46-69(47-78(87)102)113-96(121)88(134-73-28-18-63(19-29-73)92(117)109-33-40-127-41-34-109)89(97(113)122)135-74-30-20-64(21-31-74)93(118)110-35-42-128-43-36-110)91(116)105-59(3)90(115)106-67-22-12-60(13-23-67)57-131-98(123)107-68-24-14-61(15-25-68)65-44-70-53-103-79-50-83(81(125-9)48-75(79)94(119)111(70)55-65)129-37-11-38-130-84-51-80-76(49-82(84)126-10)95(120)112-56-66(45-71(112)54-104-80)62-16-26-72(124-8)27-17-62/h12-31,46-51,53-56,58-59,70-71,86H,11,32-45,52,57H2,1-10H3,(H,105,116)(H,106,115)(H,107,123)(H,108,114)/t59-,70?,71?,86-/m0/s1. The highest BCUT2D eigenvalue weighted by Gasteiger charge is 2.43. The molecule has 2 saturated heterocycles. The lowest BCUT2D eigenvalue weighted by Gasteiger charge is -2.31. The van der Waals surface area contributed by atoms with Gasteiger partial charge < -0.3 is 82.9 Å². The van der Waals surface area contributed by atoms with Crippen LogP contribution < -0.4 is 54.6 Å². The molecule has 7 aliphatic heterocycles. The van der Waals surface area contributed by atoms with Gasteiger partial charge in [-0.2, -0.15) is 0 Å². The number of thioether (sulfide) groups is 2. The van der Waals surface area contributed by atoms with Gasteiger partial charge in [0.1, 0.15) is 30.0 Å². The van der Waals surface area contributed by atoms with Crippen LogP contribution in [-0.4, -0.2) is 220 Å². The average Bonchev–Trinajstić information content (AvgIpc) is 1.67. The number of rotatable bonds is 35. The monoisotopic (exact) mass is 1880 g/mol. The zero-order valence-electron chi connectivity index (χ0n) is 76.1. The van der Waals surface area contributed by atoms with Gasteiger partial charge in [0, 0.05) is 133 Å². The number of nitrogens with zero attached hydrogens (tertiary/aromatic N) is 7. The highest BCUT2D eigenvalue weighted by Crippen LogP contribution is 2.48. The number of imide groups is 1. The van der Waals surface area contributed by atoms with E-state index < -0.39 is 87.9 Å². The summed E-state index contributed by atoms with van der Waals surface area (Å²) in [5.74, 6) is -5.66. The molecule has 0 radical (unpaired) electrons. The van der Waals surface area contributed by atoms with Crippen molar-refractivity contribution in [3.8, 4) is 34.5 Å². The van der Waals surface area contributed by atoms with Crippen molar-refractivity contribution < 1.29 is 104 Å². The van der Waals surface area contributed by atoms with Crippen molar-refractivity contribution in [3.63, 3.8) is 0 Å². The Morgan fingerprint density at radius 2 is 1.01 bits per heavy atom. The number of hydrogen-bond donors (Lipinski definition) is 4. The molecule has 15 rings (SSSR count). The van der Waals surface area contributed by atoms with Gasteiger partial charge in [0.15, 0.2) is 40.4 Å². The van der Waals surface area contributed by atoms with E-state index in [9.17, 15) is 47.9 Å². The first-order valence-corrected chi connectivity index (χ1v) is 45.8. The second-order valence-electron chi connectivity index (χ2n) is 34.4. The fraction of sp³-hybridized carbons (Fsp3) is 0.340. The third-order valence-corrected chi connectivity index (χ3v) is 25.8. The van der Waals surface area contributed by atoms with Crippen molar-refractivity contribution in [3.05, 3.63) is 231 Å². The molecule has 8 aromatic rings. The van der Waals surface area contributed by atoms with Crippen molar-refractivity contribution in [2.24, 2.45) is 15.9 Å². The molecule has 4 atom stereocenters. The zero-order valence-corrected chi connectivity index (χ0v) is 77.7. The number of fused-ring (bicyclic) bond motifs is 4. The van der Waals surface area contributed by atoms with Gasteiger partial charge in [0.2, 0.25) is 17.7 Å². The minimum Gasteiger partial charge on any atom is -0.497 e. The number of carbonyl (C=O) groups is 10. The first-order valence-electron chi connectivity index (χ1n) is 44.2. The molecule has 7 aliphatic rings. The summed E-state index contributed by atoms with van der Waals surface area (Å²) in [7, 11) is 4.63.